The van der Waals surface area contributed by atoms with E-state index in [2.05, 4.69) is 160 Å². The van der Waals surface area contributed by atoms with Crippen LogP contribution in [0.5, 0.6) is 0 Å². The summed E-state index contributed by atoms with van der Waals surface area (Å²) in [6, 6.07) is 0. The van der Waals surface area contributed by atoms with Crippen LogP contribution in [0.1, 0.15) is 373 Å². The summed E-state index contributed by atoms with van der Waals surface area (Å²) in [4.78, 5) is 35.5. The van der Waals surface area contributed by atoms with E-state index in [0.29, 0.717) is 6.42 Å². The molecule has 0 rings (SSSR count). The molecule has 9 nitrogen and oxygen atoms in total. The molecule has 0 amide bonds. The summed E-state index contributed by atoms with van der Waals surface area (Å²) in [7, 11) is -4.40. The van der Waals surface area contributed by atoms with E-state index in [-0.39, 0.29) is 38.6 Å². The number of carbonyl (C=O) groups is 2. The second-order valence-electron chi connectivity index (χ2n) is 27.2. The van der Waals surface area contributed by atoms with Crippen LogP contribution in [0.25, 0.3) is 0 Å². The number of hydrogen-bond donors (Lipinski definition) is 2. The van der Waals surface area contributed by atoms with Crippen molar-refractivity contribution in [3.8, 4) is 0 Å². The molecule has 10 heteroatoms. The summed E-state index contributed by atoms with van der Waals surface area (Å²) in [5.41, 5.74) is 5.42. The zero-order chi connectivity index (χ0) is 71.5. The van der Waals surface area contributed by atoms with E-state index >= 15 is 0 Å². The topological polar surface area (TPSA) is 134 Å². The van der Waals surface area contributed by atoms with Gasteiger partial charge in [-0.2, -0.15) is 0 Å². The first-order chi connectivity index (χ1) is 48.8. The van der Waals surface area contributed by atoms with Gasteiger partial charge in [-0.15, -0.1) is 0 Å². The molecule has 0 fully saturated rings. The molecule has 0 aliphatic rings. The first kappa shape index (κ1) is 94.9. The summed E-state index contributed by atoms with van der Waals surface area (Å²) in [5.74, 6) is -0.814. The largest absolute Gasteiger partial charge is 0.472 e. The lowest BCUT2D eigenvalue weighted by Gasteiger charge is -2.19. The summed E-state index contributed by atoms with van der Waals surface area (Å²) >= 11 is 0. The first-order valence-electron chi connectivity index (χ1n) is 41.3. The van der Waals surface area contributed by atoms with Crippen LogP contribution in [0, 0.1) is 0 Å². The van der Waals surface area contributed by atoms with E-state index in [9.17, 15) is 19.0 Å². The van der Waals surface area contributed by atoms with Gasteiger partial charge in [0.25, 0.3) is 0 Å². The number of esters is 2. The molecule has 0 spiro atoms. The monoisotopic (exact) mass is 1400 g/mol. The second kappa shape index (κ2) is 82.8. The van der Waals surface area contributed by atoms with E-state index in [4.69, 9.17) is 24.3 Å². The molecule has 0 saturated heterocycles. The van der Waals surface area contributed by atoms with Gasteiger partial charge >= 0.3 is 19.8 Å². The summed E-state index contributed by atoms with van der Waals surface area (Å²) < 4.78 is 33.3. The van der Waals surface area contributed by atoms with Gasteiger partial charge in [0, 0.05) is 19.4 Å². The Morgan fingerprint density at radius 1 is 0.303 bits per heavy atom. The number of rotatable bonds is 77. The van der Waals surface area contributed by atoms with Crippen molar-refractivity contribution in [3.05, 3.63) is 146 Å². The summed E-state index contributed by atoms with van der Waals surface area (Å²) in [5, 5.41) is 0. The molecule has 3 N–H and O–H groups in total. The molecule has 99 heavy (non-hydrogen) atoms. The fourth-order valence-electron chi connectivity index (χ4n) is 11.7. The minimum absolute atomic E-state index is 0.0513. The molecule has 0 heterocycles. The van der Waals surface area contributed by atoms with Crippen LogP contribution in [-0.2, 0) is 32.7 Å². The number of nitrogens with two attached hydrogens (primary N) is 1. The Hall–Kier alpha value is -4.11. The molecule has 0 aromatic carbocycles. The highest BCUT2D eigenvalue weighted by Crippen LogP contribution is 2.43. The minimum atomic E-state index is -4.40. The predicted molar refractivity (Wildman–Crippen MR) is 431 cm³/mol. The maximum absolute atomic E-state index is 12.8. The smallest absolute Gasteiger partial charge is 0.462 e. The van der Waals surface area contributed by atoms with E-state index in [1.807, 2.05) is 0 Å². The van der Waals surface area contributed by atoms with Gasteiger partial charge < -0.3 is 20.1 Å². The number of ether oxygens (including phenoxy) is 2. The fourth-order valence-corrected chi connectivity index (χ4v) is 12.5. The Labute approximate surface area is 611 Å². The molecular formula is C89H154NO8P. The molecular weight excluding hydrogens is 1240 g/mol. The second-order valence-corrected chi connectivity index (χ2v) is 28.7. The number of carbonyl (C=O) groups excluding carboxylic acids is 2. The summed E-state index contributed by atoms with van der Waals surface area (Å²) in [6.45, 7) is 3.56. The van der Waals surface area contributed by atoms with Crippen LogP contribution >= 0.6 is 7.82 Å². The molecule has 2 unspecified atom stereocenters. The molecule has 0 aromatic rings. The quantitative estimate of drug-likeness (QED) is 0.0264. The van der Waals surface area contributed by atoms with Crippen molar-refractivity contribution < 1.29 is 37.6 Å². The minimum Gasteiger partial charge on any atom is -0.462 e. The third-order valence-corrected chi connectivity index (χ3v) is 18.7. The average molecular weight is 1400 g/mol. The van der Waals surface area contributed by atoms with Crippen molar-refractivity contribution in [3.63, 3.8) is 0 Å². The fraction of sp³-hybridized carbons (Fsp3) is 0.708. The van der Waals surface area contributed by atoms with Crippen molar-refractivity contribution in [1.82, 2.24) is 0 Å². The normalized spacial score (nSPS) is 13.6. The third-order valence-electron chi connectivity index (χ3n) is 17.7. The van der Waals surface area contributed by atoms with Crippen LogP contribution in [0.2, 0.25) is 0 Å². The van der Waals surface area contributed by atoms with Crippen molar-refractivity contribution in [2.45, 2.75) is 380 Å². The van der Waals surface area contributed by atoms with Crippen molar-refractivity contribution in [1.29, 1.82) is 0 Å². The Kier molecular flexibility index (Phi) is 79.4. The van der Waals surface area contributed by atoms with Crippen LogP contribution in [0.4, 0.5) is 0 Å². The molecule has 2 atom stereocenters. The Morgan fingerprint density at radius 2 is 0.525 bits per heavy atom. The van der Waals surface area contributed by atoms with Crippen LogP contribution < -0.4 is 5.73 Å². The number of allylic oxidation sites excluding steroid dienone is 24. The molecule has 0 aromatic heterocycles. The Balaban J connectivity index is 3.79. The SMILES string of the molecule is CC/C=C\C/C=C\C/C=C\C/C=C\C/C=C\C/C=C\CCCCCCCCCCCCCCCCCCCCCCCCC(=O)OC(COC(=O)CCCCCCCCCCCCCCCCCCCC/C=C\C/C=C\C/C=C\C/C=C\C/C=C\C/C=C\CC)COP(=O)(O)OCCN. The predicted octanol–water partition coefficient (Wildman–Crippen LogP) is 28.1. The molecule has 0 aliphatic carbocycles. The van der Waals surface area contributed by atoms with Gasteiger partial charge in [0.2, 0.25) is 0 Å². The highest BCUT2D eigenvalue weighted by Gasteiger charge is 2.26. The standard InChI is InChI=1S/C89H154NO8P/c1-3-5-7-9-11-13-15-17-19-21-23-25-27-29-31-33-35-37-39-41-42-43-44-46-48-50-52-54-56-58-60-62-64-66-68-70-72-74-76-78-80-82-89(92)98-87(86-97-99(93,94)96-84-83-90)85-95-88(91)81-79-77-75-73-71-69-67-65-63-61-59-57-55-53-51-49-47-45-40-38-36-34-32-30-28-26-24-22-20-18-16-14-12-10-8-6-4-2/h5-8,11-14,17-20,23-26,29-32,35-38,87H,3-4,9-10,15-16,21-22,27-28,33-34,39-86,90H2,1-2H3,(H,93,94)/b7-5-,8-6-,13-11-,14-12-,19-17-,20-18-,25-23-,26-24-,31-29-,32-30-,37-35-,38-36-. The number of hydrogen-bond acceptors (Lipinski definition) is 8. The number of phosphoric acid groups is 1. The summed E-state index contributed by atoms with van der Waals surface area (Å²) in [6.07, 6.45) is 120. The molecule has 0 aliphatic heterocycles. The Morgan fingerprint density at radius 3 is 0.778 bits per heavy atom. The molecule has 0 bridgehead atoms. The van der Waals surface area contributed by atoms with Gasteiger partial charge in [-0.25, -0.2) is 4.57 Å². The molecule has 0 saturated carbocycles. The van der Waals surface area contributed by atoms with Gasteiger partial charge in [-0.1, -0.05) is 391 Å². The lowest BCUT2D eigenvalue weighted by molar-refractivity contribution is -0.161. The van der Waals surface area contributed by atoms with Gasteiger partial charge in [0.05, 0.1) is 13.2 Å². The molecule has 568 valence electrons. The van der Waals surface area contributed by atoms with Crippen LogP contribution in [0.15, 0.2) is 146 Å². The van der Waals surface area contributed by atoms with Crippen LogP contribution in [0.3, 0.4) is 0 Å². The highest BCUT2D eigenvalue weighted by atomic mass is 31.2. The first-order valence-corrected chi connectivity index (χ1v) is 42.8. The average Bonchev–Trinajstić information content (AvgIpc) is 1.19. The maximum Gasteiger partial charge on any atom is 0.472 e. The lowest BCUT2D eigenvalue weighted by atomic mass is 10.0. The van der Waals surface area contributed by atoms with Crippen molar-refractivity contribution in [2.75, 3.05) is 26.4 Å². The number of phosphoric ester groups is 1. The maximum atomic E-state index is 12.8. The van der Waals surface area contributed by atoms with E-state index in [1.165, 1.54) is 225 Å². The van der Waals surface area contributed by atoms with E-state index in [1.54, 1.807) is 0 Å². The highest BCUT2D eigenvalue weighted by molar-refractivity contribution is 7.47. The zero-order valence-corrected chi connectivity index (χ0v) is 65.1. The van der Waals surface area contributed by atoms with Gasteiger partial charge in [0.15, 0.2) is 6.10 Å². The van der Waals surface area contributed by atoms with Crippen LogP contribution in [-0.4, -0.2) is 49.3 Å². The Bertz CT molecular complexity index is 2150. The van der Waals surface area contributed by atoms with Gasteiger partial charge in [-0.3, -0.25) is 18.6 Å². The zero-order valence-electron chi connectivity index (χ0n) is 64.2. The van der Waals surface area contributed by atoms with E-state index in [0.717, 1.165) is 116 Å². The van der Waals surface area contributed by atoms with Crippen molar-refractivity contribution in [2.24, 2.45) is 5.73 Å². The molecule has 0 radical (unpaired) electrons. The van der Waals surface area contributed by atoms with Gasteiger partial charge in [-0.05, 0) is 116 Å². The van der Waals surface area contributed by atoms with E-state index < -0.39 is 26.5 Å². The lowest BCUT2D eigenvalue weighted by Crippen LogP contribution is -2.29. The van der Waals surface area contributed by atoms with Crippen molar-refractivity contribution >= 4 is 19.8 Å². The van der Waals surface area contributed by atoms with Gasteiger partial charge in [0.1, 0.15) is 6.61 Å². The third kappa shape index (κ3) is 82.7. The number of unbranched alkanes of at least 4 members (excludes halogenated alkanes) is 40.